The van der Waals surface area contributed by atoms with Gasteiger partial charge in [-0.3, -0.25) is 9.10 Å². The predicted octanol–water partition coefficient (Wildman–Crippen LogP) is 2.72. The van der Waals surface area contributed by atoms with E-state index in [1.807, 2.05) is 38.1 Å². The number of carbonyl (C=O) groups is 1. The lowest BCUT2D eigenvalue weighted by atomic mass is 10.1. The molecule has 0 spiro atoms. The molecule has 1 amide bonds. The molecule has 1 heterocycles. The number of hydrogen-bond donors (Lipinski definition) is 2. The lowest BCUT2D eigenvalue weighted by Gasteiger charge is -2.24. The molecule has 8 heteroatoms. The molecule has 152 valence electrons. The Kier molecular flexibility index (Phi) is 7.09. The number of hydrogen-bond acceptors (Lipinski definition) is 4. The highest BCUT2D eigenvalue weighted by molar-refractivity contribution is 7.92. The summed E-state index contributed by atoms with van der Waals surface area (Å²) in [5.74, 6) is -0.303. The van der Waals surface area contributed by atoms with E-state index in [4.69, 9.17) is 5.73 Å². The van der Waals surface area contributed by atoms with Crippen molar-refractivity contribution in [3.63, 3.8) is 0 Å². The van der Waals surface area contributed by atoms with Crippen molar-refractivity contribution in [2.24, 2.45) is 5.73 Å². The first-order valence-corrected chi connectivity index (χ1v) is 10.5. The SMILES string of the molecule is CC(N)CCNC(=O)c1cccc(S(=O)(=O)N2c3ccccc3CC2C)c1.Cl. The predicted molar refractivity (Wildman–Crippen MR) is 114 cm³/mol. The molecule has 28 heavy (non-hydrogen) atoms. The summed E-state index contributed by atoms with van der Waals surface area (Å²) in [7, 11) is -3.76. The van der Waals surface area contributed by atoms with Gasteiger partial charge in [0.25, 0.3) is 15.9 Å². The van der Waals surface area contributed by atoms with E-state index in [0.717, 1.165) is 5.56 Å². The minimum Gasteiger partial charge on any atom is -0.352 e. The summed E-state index contributed by atoms with van der Waals surface area (Å²) in [4.78, 5) is 12.4. The molecule has 0 aliphatic carbocycles. The van der Waals surface area contributed by atoms with Crippen molar-refractivity contribution in [2.45, 2.75) is 43.7 Å². The second-order valence-electron chi connectivity index (χ2n) is 7.03. The minimum atomic E-state index is -3.76. The van der Waals surface area contributed by atoms with Gasteiger partial charge in [-0.1, -0.05) is 24.3 Å². The number of sulfonamides is 1. The molecule has 3 rings (SSSR count). The Morgan fingerprint density at radius 1 is 1.25 bits per heavy atom. The Labute approximate surface area is 172 Å². The number of nitrogens with zero attached hydrogens (tertiary/aromatic N) is 1. The maximum atomic E-state index is 13.3. The number of amides is 1. The monoisotopic (exact) mass is 423 g/mol. The fraction of sp³-hybridized carbons (Fsp3) is 0.350. The Hall–Kier alpha value is -2.09. The van der Waals surface area contributed by atoms with Crippen LogP contribution in [0, 0.1) is 0 Å². The van der Waals surface area contributed by atoms with Crippen molar-refractivity contribution in [1.29, 1.82) is 0 Å². The molecular weight excluding hydrogens is 398 g/mol. The second kappa shape index (κ2) is 8.94. The molecule has 2 atom stereocenters. The first-order chi connectivity index (χ1) is 12.8. The number of nitrogens with two attached hydrogens (primary N) is 1. The van der Waals surface area contributed by atoms with Gasteiger partial charge in [-0.25, -0.2) is 8.42 Å². The van der Waals surface area contributed by atoms with Crippen molar-refractivity contribution in [3.8, 4) is 0 Å². The number of fused-ring (bicyclic) bond motifs is 1. The van der Waals surface area contributed by atoms with Gasteiger partial charge in [0.15, 0.2) is 0 Å². The Bertz CT molecular complexity index is 947. The molecule has 2 aromatic rings. The highest BCUT2D eigenvalue weighted by Crippen LogP contribution is 2.36. The summed E-state index contributed by atoms with van der Waals surface area (Å²) < 4.78 is 28.0. The topological polar surface area (TPSA) is 92.5 Å². The summed E-state index contributed by atoms with van der Waals surface area (Å²) >= 11 is 0. The van der Waals surface area contributed by atoms with Gasteiger partial charge in [0.2, 0.25) is 0 Å². The summed E-state index contributed by atoms with van der Waals surface area (Å²) in [5.41, 5.74) is 7.72. The van der Waals surface area contributed by atoms with Crippen LogP contribution >= 0.6 is 12.4 Å². The quantitative estimate of drug-likeness (QED) is 0.747. The van der Waals surface area contributed by atoms with E-state index in [0.29, 0.717) is 30.6 Å². The Balaban J connectivity index is 0.00000280. The summed E-state index contributed by atoms with van der Waals surface area (Å²) in [6.07, 6.45) is 1.33. The minimum absolute atomic E-state index is 0. The van der Waals surface area contributed by atoms with E-state index in [9.17, 15) is 13.2 Å². The summed E-state index contributed by atoms with van der Waals surface area (Å²) in [6.45, 7) is 4.21. The van der Waals surface area contributed by atoms with E-state index in [-0.39, 0.29) is 35.3 Å². The van der Waals surface area contributed by atoms with Gasteiger partial charge in [-0.15, -0.1) is 12.4 Å². The molecule has 1 aliphatic heterocycles. The Morgan fingerprint density at radius 2 is 1.96 bits per heavy atom. The van der Waals surface area contributed by atoms with Crippen LogP contribution in [0.15, 0.2) is 53.4 Å². The van der Waals surface area contributed by atoms with Crippen LogP contribution in [0.4, 0.5) is 5.69 Å². The molecule has 0 bridgehead atoms. The van der Waals surface area contributed by atoms with Crippen LogP contribution in [0.2, 0.25) is 0 Å². The number of nitrogens with one attached hydrogen (secondary N) is 1. The van der Waals surface area contributed by atoms with Crippen LogP contribution in [0.25, 0.3) is 0 Å². The zero-order valence-corrected chi connectivity index (χ0v) is 17.6. The zero-order valence-electron chi connectivity index (χ0n) is 16.0. The summed E-state index contributed by atoms with van der Waals surface area (Å²) in [5, 5.41) is 2.78. The number of para-hydroxylation sites is 1. The number of benzene rings is 2. The molecule has 3 N–H and O–H groups in total. The van der Waals surface area contributed by atoms with E-state index in [2.05, 4.69) is 5.32 Å². The van der Waals surface area contributed by atoms with Crippen LogP contribution in [0.3, 0.4) is 0 Å². The molecule has 0 saturated heterocycles. The van der Waals surface area contributed by atoms with Crippen molar-refractivity contribution < 1.29 is 13.2 Å². The van der Waals surface area contributed by atoms with Gasteiger partial charge in [0.05, 0.1) is 10.6 Å². The first-order valence-electron chi connectivity index (χ1n) is 9.07. The standard InChI is InChI=1S/C20H25N3O3S.ClH/c1-14(21)10-11-22-20(24)17-7-5-8-18(13-17)27(25,26)23-15(2)12-16-6-3-4-9-19(16)23;/h3-9,13-15H,10-12,21H2,1-2H3,(H,22,24);1H. The van der Waals surface area contributed by atoms with Crippen molar-refractivity contribution in [3.05, 3.63) is 59.7 Å². The lowest BCUT2D eigenvalue weighted by molar-refractivity contribution is 0.0952. The molecule has 2 aromatic carbocycles. The average molecular weight is 424 g/mol. The van der Waals surface area contributed by atoms with Crippen LogP contribution in [-0.2, 0) is 16.4 Å². The van der Waals surface area contributed by atoms with Crippen LogP contribution < -0.4 is 15.4 Å². The molecule has 0 aromatic heterocycles. The van der Waals surface area contributed by atoms with E-state index < -0.39 is 10.0 Å². The van der Waals surface area contributed by atoms with Gasteiger partial charge in [-0.05, 0) is 56.5 Å². The van der Waals surface area contributed by atoms with E-state index >= 15 is 0 Å². The van der Waals surface area contributed by atoms with Gasteiger partial charge in [-0.2, -0.15) is 0 Å². The van der Waals surface area contributed by atoms with Crippen molar-refractivity contribution in [2.75, 3.05) is 10.8 Å². The number of anilines is 1. The summed E-state index contributed by atoms with van der Waals surface area (Å²) in [6, 6.07) is 13.5. The van der Waals surface area contributed by atoms with Crippen molar-refractivity contribution >= 4 is 34.0 Å². The van der Waals surface area contributed by atoms with E-state index in [1.165, 1.54) is 16.4 Å². The molecule has 0 saturated carbocycles. The highest BCUT2D eigenvalue weighted by atomic mass is 35.5. The zero-order chi connectivity index (χ0) is 19.6. The van der Waals surface area contributed by atoms with E-state index in [1.54, 1.807) is 12.1 Å². The third-order valence-electron chi connectivity index (χ3n) is 4.68. The first kappa shape index (κ1) is 22.2. The van der Waals surface area contributed by atoms with Crippen LogP contribution in [-0.4, -0.2) is 33.0 Å². The third-order valence-corrected chi connectivity index (χ3v) is 6.61. The van der Waals surface area contributed by atoms with Gasteiger partial charge < -0.3 is 11.1 Å². The van der Waals surface area contributed by atoms with Crippen LogP contribution in [0.1, 0.15) is 36.2 Å². The van der Waals surface area contributed by atoms with Gasteiger partial charge in [0.1, 0.15) is 0 Å². The number of halogens is 1. The lowest BCUT2D eigenvalue weighted by Crippen LogP contribution is -2.36. The second-order valence-corrected chi connectivity index (χ2v) is 8.85. The number of rotatable bonds is 6. The fourth-order valence-electron chi connectivity index (χ4n) is 3.33. The fourth-order valence-corrected chi connectivity index (χ4v) is 5.07. The maximum absolute atomic E-state index is 13.3. The Morgan fingerprint density at radius 3 is 2.68 bits per heavy atom. The van der Waals surface area contributed by atoms with Gasteiger partial charge >= 0.3 is 0 Å². The molecule has 1 aliphatic rings. The van der Waals surface area contributed by atoms with Crippen molar-refractivity contribution in [1.82, 2.24) is 5.32 Å². The normalized spacial score (nSPS) is 16.8. The number of carbonyl (C=O) groups excluding carboxylic acids is 1. The average Bonchev–Trinajstić information content (AvgIpc) is 2.97. The third kappa shape index (κ3) is 4.48. The smallest absolute Gasteiger partial charge is 0.264 e. The van der Waals surface area contributed by atoms with Gasteiger partial charge in [0, 0.05) is 24.2 Å². The highest BCUT2D eigenvalue weighted by Gasteiger charge is 2.36. The largest absolute Gasteiger partial charge is 0.352 e. The molecular formula is C20H26ClN3O3S. The molecule has 0 radical (unpaired) electrons. The van der Waals surface area contributed by atoms with Crippen LogP contribution in [0.5, 0.6) is 0 Å². The maximum Gasteiger partial charge on any atom is 0.264 e. The molecule has 0 fully saturated rings. The molecule has 2 unspecified atom stereocenters. The molecule has 6 nitrogen and oxygen atoms in total.